The summed E-state index contributed by atoms with van der Waals surface area (Å²) in [6.45, 7) is 4.37. The molecule has 0 N–H and O–H groups in total. The Morgan fingerprint density at radius 2 is 2.00 bits per heavy atom. The molecule has 0 radical (unpaired) electrons. The van der Waals surface area contributed by atoms with Gasteiger partial charge in [-0.15, -0.1) is 0 Å². The van der Waals surface area contributed by atoms with Gasteiger partial charge < -0.3 is 0 Å². The molecule has 1 heteroatoms. The van der Waals surface area contributed by atoms with Gasteiger partial charge in [0.2, 0.25) is 0 Å². The van der Waals surface area contributed by atoms with Crippen molar-refractivity contribution in [3.05, 3.63) is 11.1 Å². The number of fused-ring (bicyclic) bond motifs is 1. The molecular formula is C12H18O. The topological polar surface area (TPSA) is 17.1 Å². The van der Waals surface area contributed by atoms with Gasteiger partial charge in [-0.3, -0.25) is 4.79 Å². The van der Waals surface area contributed by atoms with Crippen LogP contribution in [0.25, 0.3) is 0 Å². The molecule has 0 aliphatic heterocycles. The van der Waals surface area contributed by atoms with Gasteiger partial charge >= 0.3 is 0 Å². The van der Waals surface area contributed by atoms with Gasteiger partial charge in [0.1, 0.15) is 0 Å². The van der Waals surface area contributed by atoms with Crippen LogP contribution in [0.1, 0.15) is 46.0 Å². The lowest BCUT2D eigenvalue weighted by atomic mass is 9.69. The second-order valence-corrected chi connectivity index (χ2v) is 4.59. The zero-order chi connectivity index (χ0) is 9.42. The summed E-state index contributed by atoms with van der Waals surface area (Å²) in [7, 11) is 0. The van der Waals surface area contributed by atoms with Crippen molar-refractivity contribution >= 4 is 5.78 Å². The minimum absolute atomic E-state index is 0.403. The maximum absolute atomic E-state index is 11.5. The minimum atomic E-state index is 0.403. The minimum Gasteiger partial charge on any atom is -0.295 e. The Labute approximate surface area is 80.2 Å². The van der Waals surface area contributed by atoms with Crippen LogP contribution in [-0.4, -0.2) is 5.78 Å². The molecule has 1 nitrogen and oxygen atoms in total. The van der Waals surface area contributed by atoms with Crippen LogP contribution >= 0.6 is 0 Å². The monoisotopic (exact) mass is 178 g/mol. The number of carbonyl (C=O) groups excluding carboxylic acids is 1. The molecule has 2 rings (SSSR count). The quantitative estimate of drug-likeness (QED) is 0.557. The highest BCUT2D eigenvalue weighted by molar-refractivity contribution is 5.96. The highest BCUT2D eigenvalue weighted by Crippen LogP contribution is 2.41. The summed E-state index contributed by atoms with van der Waals surface area (Å²) in [5.74, 6) is 1.96. The smallest absolute Gasteiger partial charge is 0.158 e. The number of hydrogen-bond acceptors (Lipinski definition) is 1. The van der Waals surface area contributed by atoms with Crippen LogP contribution in [0.3, 0.4) is 0 Å². The molecule has 0 aromatic carbocycles. The maximum Gasteiger partial charge on any atom is 0.158 e. The number of carbonyl (C=O) groups is 1. The van der Waals surface area contributed by atoms with Crippen LogP contribution in [0.2, 0.25) is 0 Å². The first kappa shape index (κ1) is 8.98. The van der Waals surface area contributed by atoms with Crippen molar-refractivity contribution in [1.29, 1.82) is 0 Å². The van der Waals surface area contributed by atoms with E-state index in [0.717, 1.165) is 30.3 Å². The van der Waals surface area contributed by atoms with Gasteiger partial charge in [0.05, 0.1) is 0 Å². The Morgan fingerprint density at radius 1 is 1.23 bits per heavy atom. The van der Waals surface area contributed by atoms with Crippen LogP contribution in [0, 0.1) is 11.8 Å². The fourth-order valence-corrected chi connectivity index (χ4v) is 2.92. The Morgan fingerprint density at radius 3 is 2.77 bits per heavy atom. The van der Waals surface area contributed by atoms with E-state index in [2.05, 4.69) is 6.92 Å². The summed E-state index contributed by atoms with van der Waals surface area (Å²) in [6.07, 6.45) is 5.75. The lowest BCUT2D eigenvalue weighted by Crippen LogP contribution is -2.26. The molecule has 0 amide bonds. The standard InChI is InChI=1S/C12H18O/c1-8-4-3-5-11-9(2)12(13)7-6-10(8)11/h8,10H,3-7H2,1-2H3. The van der Waals surface area contributed by atoms with Crippen molar-refractivity contribution in [2.45, 2.75) is 46.0 Å². The van der Waals surface area contributed by atoms with Gasteiger partial charge in [-0.2, -0.15) is 0 Å². The predicted molar refractivity (Wildman–Crippen MR) is 53.4 cm³/mol. The van der Waals surface area contributed by atoms with E-state index in [-0.39, 0.29) is 0 Å². The van der Waals surface area contributed by atoms with E-state index in [9.17, 15) is 4.79 Å². The molecule has 72 valence electrons. The van der Waals surface area contributed by atoms with Gasteiger partial charge in [-0.05, 0) is 50.0 Å². The molecule has 13 heavy (non-hydrogen) atoms. The van der Waals surface area contributed by atoms with Gasteiger partial charge in [-0.25, -0.2) is 0 Å². The summed E-state index contributed by atoms with van der Waals surface area (Å²) >= 11 is 0. The van der Waals surface area contributed by atoms with E-state index in [1.54, 1.807) is 0 Å². The molecule has 0 spiro atoms. The fourth-order valence-electron chi connectivity index (χ4n) is 2.92. The van der Waals surface area contributed by atoms with Crippen molar-refractivity contribution in [3.63, 3.8) is 0 Å². The van der Waals surface area contributed by atoms with Crippen molar-refractivity contribution in [2.24, 2.45) is 11.8 Å². The summed E-state index contributed by atoms with van der Waals surface area (Å²) in [5.41, 5.74) is 2.60. The van der Waals surface area contributed by atoms with E-state index in [4.69, 9.17) is 0 Å². The fraction of sp³-hybridized carbons (Fsp3) is 0.750. The third-order valence-corrected chi connectivity index (χ3v) is 3.82. The molecule has 0 aromatic rings. The summed E-state index contributed by atoms with van der Waals surface area (Å²) in [4.78, 5) is 11.5. The Balaban J connectivity index is 2.32. The Hall–Kier alpha value is -0.590. The molecule has 0 saturated heterocycles. The van der Waals surface area contributed by atoms with Gasteiger partial charge in [0.25, 0.3) is 0 Å². The molecule has 0 aromatic heterocycles. The number of allylic oxidation sites excluding steroid dienone is 2. The molecule has 0 heterocycles. The summed E-state index contributed by atoms with van der Waals surface area (Å²) in [6, 6.07) is 0. The van der Waals surface area contributed by atoms with E-state index >= 15 is 0 Å². The zero-order valence-corrected chi connectivity index (χ0v) is 8.60. The average molecular weight is 178 g/mol. The van der Waals surface area contributed by atoms with Crippen molar-refractivity contribution in [1.82, 2.24) is 0 Å². The number of ketones is 1. The normalized spacial score (nSPS) is 34.8. The molecule has 2 unspecified atom stereocenters. The van der Waals surface area contributed by atoms with Crippen molar-refractivity contribution in [3.8, 4) is 0 Å². The van der Waals surface area contributed by atoms with Crippen LogP contribution in [0.15, 0.2) is 11.1 Å². The third kappa shape index (κ3) is 1.45. The second kappa shape index (κ2) is 3.28. The van der Waals surface area contributed by atoms with Crippen LogP contribution in [-0.2, 0) is 4.79 Å². The highest BCUT2D eigenvalue weighted by Gasteiger charge is 2.31. The third-order valence-electron chi connectivity index (χ3n) is 3.82. The molecule has 2 aliphatic rings. The van der Waals surface area contributed by atoms with Crippen LogP contribution in [0.5, 0.6) is 0 Å². The molecule has 1 fully saturated rings. The first-order chi connectivity index (χ1) is 6.20. The lowest BCUT2D eigenvalue weighted by Gasteiger charge is -2.35. The number of Topliss-reactive ketones (excluding diaryl/α,β-unsaturated/α-hetero) is 1. The maximum atomic E-state index is 11.5. The molecule has 1 saturated carbocycles. The number of hydrogen-bond donors (Lipinski definition) is 0. The molecule has 2 atom stereocenters. The first-order valence-electron chi connectivity index (χ1n) is 5.43. The van der Waals surface area contributed by atoms with Crippen LogP contribution in [0.4, 0.5) is 0 Å². The summed E-state index contributed by atoms with van der Waals surface area (Å²) < 4.78 is 0. The van der Waals surface area contributed by atoms with E-state index in [1.165, 1.54) is 24.8 Å². The van der Waals surface area contributed by atoms with E-state index in [0.29, 0.717) is 5.78 Å². The largest absolute Gasteiger partial charge is 0.295 e. The Kier molecular flexibility index (Phi) is 2.27. The first-order valence-corrected chi connectivity index (χ1v) is 5.43. The van der Waals surface area contributed by atoms with Gasteiger partial charge in [-0.1, -0.05) is 12.5 Å². The lowest BCUT2D eigenvalue weighted by molar-refractivity contribution is -0.116. The SMILES string of the molecule is CC1=C2CCCC(C)C2CCC1=O. The van der Waals surface area contributed by atoms with Gasteiger partial charge in [0.15, 0.2) is 5.78 Å². The van der Waals surface area contributed by atoms with Crippen molar-refractivity contribution in [2.75, 3.05) is 0 Å². The zero-order valence-electron chi connectivity index (χ0n) is 8.60. The van der Waals surface area contributed by atoms with E-state index < -0.39 is 0 Å². The van der Waals surface area contributed by atoms with Crippen LogP contribution < -0.4 is 0 Å². The van der Waals surface area contributed by atoms with Crippen molar-refractivity contribution < 1.29 is 4.79 Å². The highest BCUT2D eigenvalue weighted by atomic mass is 16.1. The van der Waals surface area contributed by atoms with E-state index in [1.807, 2.05) is 6.92 Å². The number of rotatable bonds is 0. The average Bonchev–Trinajstić information content (AvgIpc) is 2.12. The second-order valence-electron chi connectivity index (χ2n) is 4.59. The Bertz CT molecular complexity index is 262. The van der Waals surface area contributed by atoms with Gasteiger partial charge in [0, 0.05) is 6.42 Å². The summed E-state index contributed by atoms with van der Waals surface area (Å²) in [5, 5.41) is 0. The molecular weight excluding hydrogens is 160 g/mol. The predicted octanol–water partition coefficient (Wildman–Crippen LogP) is 3.10. The molecule has 0 bridgehead atoms. The molecule has 2 aliphatic carbocycles.